The van der Waals surface area contributed by atoms with E-state index in [9.17, 15) is 4.79 Å². The van der Waals surface area contributed by atoms with Crippen LogP contribution in [0, 0.1) is 5.92 Å². The summed E-state index contributed by atoms with van der Waals surface area (Å²) in [6, 6.07) is 7.97. The first-order valence-corrected chi connectivity index (χ1v) is 9.19. The largest absolute Gasteiger partial charge is 0.490 e. The molecule has 1 saturated carbocycles. The summed E-state index contributed by atoms with van der Waals surface area (Å²) in [6.07, 6.45) is 6.66. The molecule has 1 aliphatic heterocycles. The number of nitrogens with zero attached hydrogens (tertiary/aromatic N) is 1. The molecule has 0 bridgehead atoms. The van der Waals surface area contributed by atoms with E-state index >= 15 is 0 Å². The molecular weight excluding hydrogens is 316 g/mol. The summed E-state index contributed by atoms with van der Waals surface area (Å²) in [5.74, 6) is 2.35. The van der Waals surface area contributed by atoms with Crippen molar-refractivity contribution in [2.24, 2.45) is 5.92 Å². The van der Waals surface area contributed by atoms with Crippen LogP contribution in [0.5, 0.6) is 5.75 Å². The summed E-state index contributed by atoms with van der Waals surface area (Å²) >= 11 is 0. The van der Waals surface area contributed by atoms with Crippen LogP contribution >= 0.6 is 0 Å². The lowest BCUT2D eigenvalue weighted by Gasteiger charge is -2.08. The SMILES string of the molecule is CC1Cc2cc(-c3cc(CNC(=O)CC4CCCC4)no3)ccc2O1. The Kier molecular flexibility index (Phi) is 4.47. The molecule has 25 heavy (non-hydrogen) atoms. The van der Waals surface area contributed by atoms with E-state index in [0.717, 1.165) is 29.2 Å². The second kappa shape index (κ2) is 6.90. The predicted molar refractivity (Wildman–Crippen MR) is 94.2 cm³/mol. The van der Waals surface area contributed by atoms with E-state index in [4.69, 9.17) is 9.26 Å². The molecule has 1 aromatic carbocycles. The normalized spacial score (nSPS) is 19.6. The maximum Gasteiger partial charge on any atom is 0.220 e. The minimum absolute atomic E-state index is 0.111. The summed E-state index contributed by atoms with van der Waals surface area (Å²) in [5.41, 5.74) is 2.94. The first kappa shape index (κ1) is 16.2. The van der Waals surface area contributed by atoms with Gasteiger partial charge < -0.3 is 14.6 Å². The van der Waals surface area contributed by atoms with E-state index in [-0.39, 0.29) is 12.0 Å². The topological polar surface area (TPSA) is 64.4 Å². The Hall–Kier alpha value is -2.30. The third-order valence-electron chi connectivity index (χ3n) is 5.15. The zero-order chi connectivity index (χ0) is 17.2. The standard InChI is InChI=1S/C20H24N2O3/c1-13-8-16-10-15(6-7-18(16)24-13)19-11-17(22-25-19)12-21-20(23)9-14-4-2-3-5-14/h6-7,10-11,13-14H,2-5,8-9,12H2,1H3,(H,21,23). The Bertz CT molecular complexity index is 762. The van der Waals surface area contributed by atoms with Crippen molar-refractivity contribution in [3.05, 3.63) is 35.5 Å². The average molecular weight is 340 g/mol. The van der Waals surface area contributed by atoms with Gasteiger partial charge in [0.05, 0.1) is 6.54 Å². The maximum atomic E-state index is 12.0. The highest BCUT2D eigenvalue weighted by atomic mass is 16.5. The van der Waals surface area contributed by atoms with Gasteiger partial charge in [0.2, 0.25) is 5.91 Å². The molecule has 2 aromatic rings. The van der Waals surface area contributed by atoms with Crippen LogP contribution in [0.1, 0.15) is 50.3 Å². The molecule has 1 atom stereocenters. The van der Waals surface area contributed by atoms with E-state index in [1.807, 2.05) is 18.2 Å². The Labute approximate surface area is 147 Å². The maximum absolute atomic E-state index is 12.0. The van der Waals surface area contributed by atoms with Crippen molar-refractivity contribution < 1.29 is 14.1 Å². The highest BCUT2D eigenvalue weighted by Crippen LogP contribution is 2.33. The number of fused-ring (bicyclic) bond motifs is 1. The molecule has 1 amide bonds. The minimum atomic E-state index is 0.111. The summed E-state index contributed by atoms with van der Waals surface area (Å²) in [6.45, 7) is 2.49. The lowest BCUT2D eigenvalue weighted by atomic mass is 10.0. The van der Waals surface area contributed by atoms with Crippen molar-refractivity contribution in [3.8, 4) is 17.1 Å². The van der Waals surface area contributed by atoms with Crippen LogP contribution in [0.2, 0.25) is 0 Å². The fraction of sp³-hybridized carbons (Fsp3) is 0.500. The van der Waals surface area contributed by atoms with Gasteiger partial charge in [0.1, 0.15) is 17.5 Å². The van der Waals surface area contributed by atoms with Gasteiger partial charge in [-0.05, 0) is 49.4 Å². The van der Waals surface area contributed by atoms with Crippen molar-refractivity contribution in [2.75, 3.05) is 0 Å². The molecule has 1 aromatic heterocycles. The molecule has 2 aliphatic rings. The first-order chi connectivity index (χ1) is 12.2. The molecular formula is C20H24N2O3. The zero-order valence-electron chi connectivity index (χ0n) is 14.6. The zero-order valence-corrected chi connectivity index (χ0v) is 14.6. The second-order valence-electron chi connectivity index (χ2n) is 7.27. The molecule has 4 rings (SSSR count). The van der Waals surface area contributed by atoms with Gasteiger partial charge in [0.15, 0.2) is 5.76 Å². The van der Waals surface area contributed by atoms with Crippen molar-refractivity contribution in [1.82, 2.24) is 10.5 Å². The number of carbonyl (C=O) groups is 1. The van der Waals surface area contributed by atoms with Crippen LogP contribution < -0.4 is 10.1 Å². The molecule has 1 unspecified atom stereocenters. The van der Waals surface area contributed by atoms with Crippen molar-refractivity contribution in [3.63, 3.8) is 0 Å². The van der Waals surface area contributed by atoms with Crippen molar-refractivity contribution in [1.29, 1.82) is 0 Å². The summed E-state index contributed by atoms with van der Waals surface area (Å²) < 4.78 is 11.2. The summed E-state index contributed by atoms with van der Waals surface area (Å²) in [5, 5.41) is 7.04. The lowest BCUT2D eigenvalue weighted by molar-refractivity contribution is -0.122. The van der Waals surface area contributed by atoms with E-state index in [0.29, 0.717) is 18.9 Å². The summed E-state index contributed by atoms with van der Waals surface area (Å²) in [7, 11) is 0. The summed E-state index contributed by atoms with van der Waals surface area (Å²) in [4.78, 5) is 12.0. The van der Waals surface area contributed by atoms with Gasteiger partial charge in [-0.1, -0.05) is 18.0 Å². The number of ether oxygens (including phenoxy) is 1. The third-order valence-corrected chi connectivity index (χ3v) is 5.15. The highest BCUT2D eigenvalue weighted by Gasteiger charge is 2.21. The highest BCUT2D eigenvalue weighted by molar-refractivity contribution is 5.76. The fourth-order valence-electron chi connectivity index (χ4n) is 3.84. The van der Waals surface area contributed by atoms with Gasteiger partial charge in [0, 0.05) is 24.5 Å². The van der Waals surface area contributed by atoms with Gasteiger partial charge in [-0.3, -0.25) is 4.79 Å². The molecule has 0 spiro atoms. The van der Waals surface area contributed by atoms with E-state index in [2.05, 4.69) is 23.5 Å². The molecule has 1 N–H and O–H groups in total. The van der Waals surface area contributed by atoms with Crippen LogP contribution in [0.15, 0.2) is 28.8 Å². The van der Waals surface area contributed by atoms with Gasteiger partial charge >= 0.3 is 0 Å². The molecule has 0 saturated heterocycles. The van der Waals surface area contributed by atoms with Crippen LogP contribution in [-0.4, -0.2) is 17.2 Å². The molecule has 132 valence electrons. The average Bonchev–Trinajstić information content (AvgIpc) is 3.32. The van der Waals surface area contributed by atoms with Crippen molar-refractivity contribution >= 4 is 5.91 Å². The fourth-order valence-corrected chi connectivity index (χ4v) is 3.84. The van der Waals surface area contributed by atoms with Crippen LogP contribution in [-0.2, 0) is 17.8 Å². The van der Waals surface area contributed by atoms with E-state index < -0.39 is 0 Å². The first-order valence-electron chi connectivity index (χ1n) is 9.19. The van der Waals surface area contributed by atoms with Crippen LogP contribution in [0.25, 0.3) is 11.3 Å². The predicted octanol–water partition coefficient (Wildman–Crippen LogP) is 3.86. The smallest absolute Gasteiger partial charge is 0.220 e. The molecule has 1 aliphatic carbocycles. The van der Waals surface area contributed by atoms with E-state index in [1.165, 1.54) is 31.2 Å². The minimum Gasteiger partial charge on any atom is -0.490 e. The Morgan fingerprint density at radius 1 is 1.28 bits per heavy atom. The number of hydrogen-bond acceptors (Lipinski definition) is 4. The van der Waals surface area contributed by atoms with Crippen LogP contribution in [0.3, 0.4) is 0 Å². The monoisotopic (exact) mass is 340 g/mol. The number of amides is 1. The van der Waals surface area contributed by atoms with Crippen molar-refractivity contribution in [2.45, 2.75) is 58.1 Å². The molecule has 5 nitrogen and oxygen atoms in total. The van der Waals surface area contributed by atoms with Crippen LogP contribution in [0.4, 0.5) is 0 Å². The Morgan fingerprint density at radius 3 is 2.96 bits per heavy atom. The molecule has 0 radical (unpaired) electrons. The van der Waals surface area contributed by atoms with E-state index in [1.54, 1.807) is 0 Å². The second-order valence-corrected chi connectivity index (χ2v) is 7.27. The number of nitrogens with one attached hydrogen (secondary N) is 1. The number of rotatable bonds is 5. The van der Waals surface area contributed by atoms with Gasteiger partial charge in [-0.2, -0.15) is 0 Å². The number of benzene rings is 1. The number of hydrogen-bond donors (Lipinski definition) is 1. The quantitative estimate of drug-likeness (QED) is 0.897. The Morgan fingerprint density at radius 2 is 2.12 bits per heavy atom. The Balaban J connectivity index is 1.36. The molecule has 2 heterocycles. The van der Waals surface area contributed by atoms with Gasteiger partial charge in [-0.25, -0.2) is 0 Å². The number of carbonyl (C=O) groups excluding carboxylic acids is 1. The van der Waals surface area contributed by atoms with Gasteiger partial charge in [0.25, 0.3) is 0 Å². The molecule has 5 heteroatoms. The van der Waals surface area contributed by atoms with Gasteiger partial charge in [-0.15, -0.1) is 0 Å². The third kappa shape index (κ3) is 3.70. The molecule has 1 fully saturated rings. The lowest BCUT2D eigenvalue weighted by Crippen LogP contribution is -2.24. The number of aromatic nitrogens is 1.